The lowest BCUT2D eigenvalue weighted by Gasteiger charge is -2.10. The number of aryl methyl sites for hydroxylation is 1. The van der Waals surface area contributed by atoms with Gasteiger partial charge in [-0.05, 0) is 18.6 Å². The first-order valence-corrected chi connectivity index (χ1v) is 8.07. The number of non-ortho nitro benzene ring substituents is 1. The minimum atomic E-state index is -0.792. The molecule has 0 radical (unpaired) electrons. The number of fused-ring (bicyclic) bond motifs is 1. The van der Waals surface area contributed by atoms with Crippen molar-refractivity contribution < 1.29 is 9.31 Å². The Labute approximate surface area is 147 Å². The molecule has 134 valence electrons. The molecule has 8 nitrogen and oxygen atoms in total. The number of nitrogens with one attached hydrogen (secondary N) is 1. The number of anilines is 2. The lowest BCUT2D eigenvalue weighted by molar-refractivity contribution is -0.385. The molecular formula is C17H16FN5O3. The Hall–Kier alpha value is -3.36. The lowest BCUT2D eigenvalue weighted by Crippen LogP contribution is -2.20. The number of nitrogens with zero attached hydrogens (tertiary/aromatic N) is 4. The summed E-state index contributed by atoms with van der Waals surface area (Å²) in [6, 6.07) is 6.35. The van der Waals surface area contributed by atoms with Crippen LogP contribution in [0.3, 0.4) is 0 Å². The molecule has 0 aliphatic carbocycles. The average Bonchev–Trinajstić information content (AvgIpc) is 2.62. The van der Waals surface area contributed by atoms with Crippen molar-refractivity contribution in [2.24, 2.45) is 0 Å². The highest BCUT2D eigenvalue weighted by Gasteiger charge is 2.12. The number of unbranched alkanes of at least 4 members (excludes halogenated alkanes) is 1. The van der Waals surface area contributed by atoms with Crippen molar-refractivity contribution in [3.05, 3.63) is 62.8 Å². The minimum absolute atomic E-state index is 0.00772. The quantitative estimate of drug-likeness (QED) is 0.536. The highest BCUT2D eigenvalue weighted by atomic mass is 19.1. The summed E-state index contributed by atoms with van der Waals surface area (Å²) >= 11 is 0. The molecule has 0 saturated heterocycles. The van der Waals surface area contributed by atoms with Crippen molar-refractivity contribution >= 4 is 28.4 Å². The third kappa shape index (κ3) is 3.51. The van der Waals surface area contributed by atoms with Crippen molar-refractivity contribution in [3.8, 4) is 0 Å². The molecule has 3 rings (SSSR count). The van der Waals surface area contributed by atoms with Gasteiger partial charge in [-0.15, -0.1) is 0 Å². The van der Waals surface area contributed by atoms with Crippen LogP contribution < -0.4 is 10.9 Å². The van der Waals surface area contributed by atoms with E-state index in [1.165, 1.54) is 24.4 Å². The Kier molecular flexibility index (Phi) is 4.87. The van der Waals surface area contributed by atoms with E-state index in [1.807, 2.05) is 6.92 Å². The van der Waals surface area contributed by atoms with Gasteiger partial charge < -0.3 is 5.32 Å². The van der Waals surface area contributed by atoms with Crippen LogP contribution in [0, 0.1) is 15.9 Å². The van der Waals surface area contributed by atoms with Gasteiger partial charge in [0.05, 0.1) is 16.7 Å². The normalized spacial score (nSPS) is 10.8. The summed E-state index contributed by atoms with van der Waals surface area (Å²) in [5.74, 6) is -0.694. The van der Waals surface area contributed by atoms with Crippen LogP contribution in [0.4, 0.5) is 21.7 Å². The summed E-state index contributed by atoms with van der Waals surface area (Å²) in [7, 11) is 0. The topological polar surface area (TPSA) is 103 Å². The van der Waals surface area contributed by atoms with Crippen LogP contribution in [-0.2, 0) is 6.54 Å². The molecule has 0 saturated carbocycles. The molecule has 1 N–H and O–H groups in total. The fourth-order valence-electron chi connectivity index (χ4n) is 2.50. The molecule has 9 heteroatoms. The summed E-state index contributed by atoms with van der Waals surface area (Å²) in [6.45, 7) is 2.55. The smallest absolute Gasteiger partial charge is 0.272 e. The van der Waals surface area contributed by atoms with Crippen LogP contribution >= 0.6 is 0 Å². The van der Waals surface area contributed by atoms with Gasteiger partial charge in [-0.2, -0.15) is 4.98 Å². The predicted molar refractivity (Wildman–Crippen MR) is 95.0 cm³/mol. The standard InChI is InChI=1S/C17H16FN5O3/c1-2-3-8-22-15(24)7-4-11-10-19-17(21-16(11)22)20-14-6-5-12(23(25)26)9-13(14)18/h4-7,9-10H,2-3,8H2,1H3,(H,19,20,21). The molecule has 0 spiro atoms. The van der Waals surface area contributed by atoms with Gasteiger partial charge >= 0.3 is 0 Å². The van der Waals surface area contributed by atoms with Crippen molar-refractivity contribution in [1.29, 1.82) is 0 Å². The molecule has 3 aromatic rings. The third-order valence-corrected chi connectivity index (χ3v) is 3.87. The van der Waals surface area contributed by atoms with E-state index in [2.05, 4.69) is 15.3 Å². The largest absolute Gasteiger partial charge is 0.322 e. The number of aromatic nitrogens is 3. The fraction of sp³-hybridized carbons (Fsp3) is 0.235. The van der Waals surface area contributed by atoms with E-state index in [4.69, 9.17) is 0 Å². The number of rotatable bonds is 6. The maximum atomic E-state index is 14.0. The molecule has 26 heavy (non-hydrogen) atoms. The summed E-state index contributed by atoms with van der Waals surface area (Å²) in [5.41, 5.74) is -0.0582. The second-order valence-electron chi connectivity index (χ2n) is 5.70. The van der Waals surface area contributed by atoms with E-state index in [0.29, 0.717) is 17.6 Å². The summed E-state index contributed by atoms with van der Waals surface area (Å²) in [4.78, 5) is 30.6. The van der Waals surface area contributed by atoms with E-state index >= 15 is 0 Å². The SMILES string of the molecule is CCCCn1c(=O)ccc2cnc(Nc3ccc([N+](=O)[O-])cc3F)nc21. The van der Waals surface area contributed by atoms with Gasteiger partial charge in [-0.25, -0.2) is 9.37 Å². The zero-order chi connectivity index (χ0) is 18.7. The Morgan fingerprint density at radius 3 is 2.81 bits per heavy atom. The van der Waals surface area contributed by atoms with E-state index in [-0.39, 0.29) is 22.9 Å². The maximum Gasteiger partial charge on any atom is 0.272 e. The molecular weight excluding hydrogens is 341 g/mol. The van der Waals surface area contributed by atoms with Crippen LogP contribution in [0.25, 0.3) is 11.0 Å². The number of halogens is 1. The van der Waals surface area contributed by atoms with Gasteiger partial charge in [0.15, 0.2) is 5.82 Å². The fourth-order valence-corrected chi connectivity index (χ4v) is 2.50. The Balaban J connectivity index is 1.98. The molecule has 1 aromatic carbocycles. The number of nitro groups is 1. The summed E-state index contributed by atoms with van der Waals surface area (Å²) < 4.78 is 15.6. The highest BCUT2D eigenvalue weighted by molar-refractivity contribution is 5.75. The van der Waals surface area contributed by atoms with Gasteiger partial charge in [-0.3, -0.25) is 19.5 Å². The third-order valence-electron chi connectivity index (χ3n) is 3.87. The number of benzene rings is 1. The molecule has 0 unspecified atom stereocenters. The lowest BCUT2D eigenvalue weighted by atomic mass is 10.2. The van der Waals surface area contributed by atoms with E-state index in [9.17, 15) is 19.3 Å². The molecule has 0 amide bonds. The van der Waals surface area contributed by atoms with Gasteiger partial charge in [0, 0.05) is 30.3 Å². The number of hydrogen-bond donors (Lipinski definition) is 1. The molecule has 2 aromatic heterocycles. The van der Waals surface area contributed by atoms with Crippen molar-refractivity contribution in [1.82, 2.24) is 14.5 Å². The monoisotopic (exact) mass is 357 g/mol. The summed E-state index contributed by atoms with van der Waals surface area (Å²) in [6.07, 6.45) is 3.28. The van der Waals surface area contributed by atoms with Crippen molar-refractivity contribution in [2.45, 2.75) is 26.3 Å². The maximum absolute atomic E-state index is 14.0. The summed E-state index contributed by atoms with van der Waals surface area (Å²) in [5, 5.41) is 14.1. The van der Waals surface area contributed by atoms with Gasteiger partial charge in [0.1, 0.15) is 5.65 Å². The average molecular weight is 357 g/mol. The van der Waals surface area contributed by atoms with Crippen LogP contribution in [0.1, 0.15) is 19.8 Å². The van der Waals surface area contributed by atoms with Crippen molar-refractivity contribution in [2.75, 3.05) is 5.32 Å². The second-order valence-corrected chi connectivity index (χ2v) is 5.70. The number of pyridine rings is 1. The van der Waals surface area contributed by atoms with Crippen LogP contribution in [-0.4, -0.2) is 19.5 Å². The number of nitro benzene ring substituents is 1. The second kappa shape index (κ2) is 7.26. The van der Waals surface area contributed by atoms with Gasteiger partial charge in [0.2, 0.25) is 5.95 Å². The van der Waals surface area contributed by atoms with Crippen LogP contribution in [0.2, 0.25) is 0 Å². The highest BCUT2D eigenvalue weighted by Crippen LogP contribution is 2.23. The zero-order valence-corrected chi connectivity index (χ0v) is 14.0. The van der Waals surface area contributed by atoms with E-state index < -0.39 is 10.7 Å². The molecule has 0 aliphatic rings. The number of hydrogen-bond acceptors (Lipinski definition) is 6. The molecule has 0 fully saturated rings. The molecule has 0 atom stereocenters. The first kappa shape index (κ1) is 17.5. The first-order valence-electron chi connectivity index (χ1n) is 8.07. The van der Waals surface area contributed by atoms with E-state index in [0.717, 1.165) is 18.9 Å². The van der Waals surface area contributed by atoms with E-state index in [1.54, 1.807) is 10.6 Å². The Bertz CT molecular complexity index is 1030. The molecule has 0 aliphatic heterocycles. The Morgan fingerprint density at radius 1 is 1.31 bits per heavy atom. The molecule has 2 heterocycles. The molecule has 0 bridgehead atoms. The van der Waals surface area contributed by atoms with Crippen molar-refractivity contribution in [3.63, 3.8) is 0 Å². The van der Waals surface area contributed by atoms with Gasteiger partial charge in [-0.1, -0.05) is 13.3 Å². The minimum Gasteiger partial charge on any atom is -0.322 e. The predicted octanol–water partition coefficient (Wildman–Crippen LogP) is 3.38. The van der Waals surface area contributed by atoms with Gasteiger partial charge in [0.25, 0.3) is 11.2 Å². The zero-order valence-electron chi connectivity index (χ0n) is 14.0. The first-order chi connectivity index (χ1) is 12.5. The van der Waals surface area contributed by atoms with Crippen LogP contribution in [0.5, 0.6) is 0 Å². The van der Waals surface area contributed by atoms with Crippen LogP contribution in [0.15, 0.2) is 41.3 Å². The Morgan fingerprint density at radius 2 is 2.12 bits per heavy atom.